The zero-order valence-electron chi connectivity index (χ0n) is 44.7. The largest absolute Gasteiger partial charge is 0.396 e. The van der Waals surface area contributed by atoms with Crippen LogP contribution >= 0.6 is 0 Å². The van der Waals surface area contributed by atoms with Gasteiger partial charge in [0.25, 0.3) is 0 Å². The van der Waals surface area contributed by atoms with E-state index in [2.05, 4.69) is 46.8 Å². The SMILES string of the molecule is C[C@@H]1O[C@@H](O[C@H]2[C@H](O)[C@@H](O)[C@H](O[C@H]3[C@@H](O)[C@@H](C)O[C@@H](O[C@H]4CC[C@@]5(C)C(CC[C@]6(C)C5C=C[C@]57OC[C@@]8(CCC(C)(C)C[C@H]85)CC[C@]76C)[C@]4(C)CO)[C@@H]3O[C@H]3O[C@@H](CO)[C@H](O)[C@@H](O)[C@@H]3O)O[C@@H]2CO)[C@H](O)[C@H](O)[C@H]1O. The second-order valence-corrected chi connectivity index (χ2v) is 26.5. The molecule has 2 bridgehead atoms. The molecule has 10 rings (SSSR count). The van der Waals surface area contributed by atoms with Crippen molar-refractivity contribution in [3.05, 3.63) is 12.2 Å². The van der Waals surface area contributed by atoms with Crippen LogP contribution in [0.5, 0.6) is 0 Å². The molecular formula is C54H88O21. The van der Waals surface area contributed by atoms with Crippen LogP contribution in [0.4, 0.5) is 0 Å². The van der Waals surface area contributed by atoms with Gasteiger partial charge in [0.15, 0.2) is 25.2 Å². The summed E-state index contributed by atoms with van der Waals surface area (Å²) in [5, 5.41) is 132. The first-order valence-electron chi connectivity index (χ1n) is 27.7. The van der Waals surface area contributed by atoms with Crippen LogP contribution in [0.2, 0.25) is 0 Å². The minimum absolute atomic E-state index is 0.0621. The highest BCUT2D eigenvalue weighted by Crippen LogP contribution is 2.79. The van der Waals surface area contributed by atoms with E-state index in [0.717, 1.165) is 38.7 Å². The van der Waals surface area contributed by atoms with Crippen LogP contribution in [-0.2, 0) is 42.6 Å². The van der Waals surface area contributed by atoms with Crippen molar-refractivity contribution in [3.8, 4) is 0 Å². The summed E-state index contributed by atoms with van der Waals surface area (Å²) in [5.74, 6) is 0.524. The first kappa shape index (κ1) is 57.1. The van der Waals surface area contributed by atoms with Crippen molar-refractivity contribution in [3.63, 3.8) is 0 Å². The van der Waals surface area contributed by atoms with Crippen molar-refractivity contribution in [1.29, 1.82) is 0 Å². The van der Waals surface area contributed by atoms with Gasteiger partial charge in [0, 0.05) is 16.7 Å². The topological polar surface area (TPSA) is 326 Å². The van der Waals surface area contributed by atoms with Gasteiger partial charge in [-0.05, 0) is 105 Å². The molecule has 21 heteroatoms. The van der Waals surface area contributed by atoms with Gasteiger partial charge >= 0.3 is 0 Å². The number of aliphatic hydroxyl groups excluding tert-OH is 12. The number of aliphatic hydroxyl groups is 12. The Labute approximate surface area is 439 Å². The molecular weight excluding hydrogens is 985 g/mol. The smallest absolute Gasteiger partial charge is 0.187 e. The Morgan fingerprint density at radius 2 is 1.09 bits per heavy atom. The van der Waals surface area contributed by atoms with Gasteiger partial charge in [-0.1, -0.05) is 53.7 Å². The molecule has 5 saturated heterocycles. The predicted molar refractivity (Wildman–Crippen MR) is 259 cm³/mol. The van der Waals surface area contributed by atoms with Gasteiger partial charge in [-0.15, -0.1) is 0 Å². The third-order valence-electron chi connectivity index (χ3n) is 22.1. The molecule has 9 fully saturated rings. The van der Waals surface area contributed by atoms with E-state index in [1.165, 1.54) is 19.8 Å². The number of hydrogen-bond donors (Lipinski definition) is 12. The second-order valence-electron chi connectivity index (χ2n) is 26.5. The van der Waals surface area contributed by atoms with Crippen LogP contribution in [-0.4, -0.2) is 222 Å². The fraction of sp³-hybridized carbons (Fsp3) is 0.963. The summed E-state index contributed by atoms with van der Waals surface area (Å²) in [4.78, 5) is 0. The Balaban J connectivity index is 0.932. The minimum atomic E-state index is -1.99. The van der Waals surface area contributed by atoms with Crippen LogP contribution in [0.15, 0.2) is 12.2 Å². The van der Waals surface area contributed by atoms with E-state index in [4.69, 9.17) is 42.6 Å². The molecule has 10 aliphatic rings. The molecule has 430 valence electrons. The van der Waals surface area contributed by atoms with Gasteiger partial charge < -0.3 is 104 Å². The lowest BCUT2D eigenvalue weighted by molar-refractivity contribution is -0.403. The number of allylic oxidation sites excluding steroid dienone is 1. The molecule has 30 atom stereocenters. The molecule has 0 radical (unpaired) electrons. The van der Waals surface area contributed by atoms with Crippen molar-refractivity contribution < 1.29 is 104 Å². The highest BCUT2D eigenvalue weighted by molar-refractivity contribution is 5.35. The average molecular weight is 1070 g/mol. The number of ether oxygens (including phenoxy) is 9. The fourth-order valence-electron chi connectivity index (χ4n) is 17.1. The van der Waals surface area contributed by atoms with Gasteiger partial charge in [0.2, 0.25) is 0 Å². The highest BCUT2D eigenvalue weighted by Gasteiger charge is 2.77. The fourth-order valence-corrected chi connectivity index (χ4v) is 17.1. The first-order chi connectivity index (χ1) is 35.2. The molecule has 0 aromatic rings. The average Bonchev–Trinajstić information content (AvgIpc) is 3.63. The quantitative estimate of drug-likeness (QED) is 0.0915. The van der Waals surface area contributed by atoms with E-state index in [0.29, 0.717) is 18.8 Å². The van der Waals surface area contributed by atoms with Gasteiger partial charge in [-0.25, -0.2) is 0 Å². The molecule has 0 aromatic carbocycles. The lowest BCUT2D eigenvalue weighted by Gasteiger charge is -2.73. The summed E-state index contributed by atoms with van der Waals surface area (Å²) >= 11 is 0. The van der Waals surface area contributed by atoms with E-state index < -0.39 is 148 Å². The maximum Gasteiger partial charge on any atom is 0.187 e. The molecule has 1 spiro atoms. The number of rotatable bonds is 11. The van der Waals surface area contributed by atoms with Crippen LogP contribution in [0.25, 0.3) is 0 Å². The van der Waals surface area contributed by atoms with Crippen molar-refractivity contribution in [1.82, 2.24) is 0 Å². The van der Waals surface area contributed by atoms with Crippen molar-refractivity contribution in [2.75, 3.05) is 26.4 Å². The lowest BCUT2D eigenvalue weighted by Crippen LogP contribution is -2.71. The summed E-state index contributed by atoms with van der Waals surface area (Å²) in [6.45, 7) is 16.1. The molecule has 0 amide bonds. The summed E-state index contributed by atoms with van der Waals surface area (Å²) in [6.07, 6.45) is -19.8. The maximum atomic E-state index is 12.0. The van der Waals surface area contributed by atoms with E-state index in [1.807, 2.05) is 6.92 Å². The zero-order chi connectivity index (χ0) is 54.3. The van der Waals surface area contributed by atoms with Crippen LogP contribution in [0, 0.1) is 50.2 Å². The highest BCUT2D eigenvalue weighted by atomic mass is 16.8. The van der Waals surface area contributed by atoms with E-state index in [-0.39, 0.29) is 51.1 Å². The van der Waals surface area contributed by atoms with E-state index >= 15 is 0 Å². The summed E-state index contributed by atoms with van der Waals surface area (Å²) in [6, 6.07) is 0. The van der Waals surface area contributed by atoms with Crippen molar-refractivity contribution in [2.24, 2.45) is 50.2 Å². The van der Waals surface area contributed by atoms with Gasteiger partial charge in [-0.2, -0.15) is 0 Å². The third-order valence-corrected chi connectivity index (χ3v) is 22.1. The normalized spacial score (nSPS) is 58.3. The third kappa shape index (κ3) is 8.64. The Morgan fingerprint density at radius 3 is 1.76 bits per heavy atom. The summed E-state index contributed by atoms with van der Waals surface area (Å²) in [7, 11) is 0. The molecule has 2 unspecified atom stereocenters. The lowest BCUT2D eigenvalue weighted by atomic mass is 9.32. The van der Waals surface area contributed by atoms with Crippen LogP contribution < -0.4 is 0 Å². The second kappa shape index (κ2) is 20.1. The Kier molecular flexibility index (Phi) is 15.3. The molecule has 5 aliphatic carbocycles. The van der Waals surface area contributed by atoms with Crippen molar-refractivity contribution >= 4 is 0 Å². The molecule has 5 heterocycles. The number of hydrogen-bond acceptors (Lipinski definition) is 21. The molecule has 21 nitrogen and oxygen atoms in total. The van der Waals surface area contributed by atoms with Gasteiger partial charge in [0.05, 0.1) is 50.3 Å². The number of fused-ring (bicyclic) bond motifs is 4. The van der Waals surface area contributed by atoms with E-state index in [9.17, 15) is 61.3 Å². The van der Waals surface area contributed by atoms with Gasteiger partial charge in [0.1, 0.15) is 85.5 Å². The monoisotopic (exact) mass is 1070 g/mol. The molecule has 0 aromatic heterocycles. The Morgan fingerprint density at radius 1 is 0.520 bits per heavy atom. The Hall–Kier alpha value is -1.10. The summed E-state index contributed by atoms with van der Waals surface area (Å²) in [5.41, 5.74) is -1.37. The Bertz CT molecular complexity index is 2070. The molecule has 75 heavy (non-hydrogen) atoms. The first-order valence-corrected chi connectivity index (χ1v) is 27.7. The zero-order valence-corrected chi connectivity index (χ0v) is 44.7. The predicted octanol–water partition coefficient (Wildman–Crippen LogP) is -0.518. The molecule has 12 N–H and O–H groups in total. The standard InChI is InChI=1S/C54H88O21/c1-24-32(58)35(61)38(64)44(68-24)73-41-27(21-56)71-46(40(66)37(41)63)74-42-33(59)25(2)69-47(43(42)75-45-39(65)36(62)34(60)26(20-55)70-45)72-31-11-12-49(5)28(50(31,6)22-57)9-13-51(7)29(49)10-14-54-30-19-48(3,4)15-17-53(30,23-67-54)18-16-52(51,54)8/h10,14,24-47,55-66H,9,11-13,15-23H2,1-8H3/t24-,25+,26-,27+,28?,29?,30+,31-,32-,33-,34-,35+,36+,37+,38+,39-,40+,41+,42-,43+,44-,45+,46-,47-,49-,50-,51+,52-,53+,54-/m0/s1. The minimum Gasteiger partial charge on any atom is -0.396 e. The van der Waals surface area contributed by atoms with Gasteiger partial charge in [-0.3, -0.25) is 0 Å². The molecule has 5 aliphatic heterocycles. The molecule has 4 saturated carbocycles. The van der Waals surface area contributed by atoms with Crippen LogP contribution in [0.1, 0.15) is 113 Å². The van der Waals surface area contributed by atoms with Crippen molar-refractivity contribution in [2.45, 2.75) is 248 Å². The summed E-state index contributed by atoms with van der Waals surface area (Å²) < 4.78 is 56.6. The van der Waals surface area contributed by atoms with E-state index in [1.54, 1.807) is 6.92 Å². The maximum absolute atomic E-state index is 12.0. The van der Waals surface area contributed by atoms with Crippen LogP contribution in [0.3, 0.4) is 0 Å².